The standard InChI is InChI=1S/C12H16O3/c1-3-9-14-10-7-5-6-8-11(10)15-12(13)4-2/h5-8H,3-4,9H2,1-2H3. The molecule has 0 amide bonds. The fourth-order valence-electron chi connectivity index (χ4n) is 1.06. The lowest BCUT2D eigenvalue weighted by molar-refractivity contribution is -0.134. The van der Waals surface area contributed by atoms with Crippen LogP contribution >= 0.6 is 0 Å². The second-order valence-corrected chi connectivity index (χ2v) is 3.12. The van der Waals surface area contributed by atoms with Crippen LogP contribution in [0.5, 0.6) is 11.5 Å². The summed E-state index contributed by atoms with van der Waals surface area (Å²) in [6.45, 7) is 4.42. The van der Waals surface area contributed by atoms with Crippen LogP contribution in [0.3, 0.4) is 0 Å². The number of ether oxygens (including phenoxy) is 2. The van der Waals surface area contributed by atoms with E-state index < -0.39 is 0 Å². The van der Waals surface area contributed by atoms with Crippen molar-refractivity contribution in [2.75, 3.05) is 6.61 Å². The number of para-hydroxylation sites is 2. The molecule has 0 aliphatic carbocycles. The van der Waals surface area contributed by atoms with E-state index in [9.17, 15) is 4.79 Å². The smallest absolute Gasteiger partial charge is 0.311 e. The second kappa shape index (κ2) is 6.06. The first kappa shape index (κ1) is 11.6. The van der Waals surface area contributed by atoms with E-state index in [1.165, 1.54) is 0 Å². The Labute approximate surface area is 90.0 Å². The van der Waals surface area contributed by atoms with E-state index >= 15 is 0 Å². The summed E-state index contributed by atoms with van der Waals surface area (Å²) in [5.41, 5.74) is 0. The van der Waals surface area contributed by atoms with Gasteiger partial charge < -0.3 is 9.47 Å². The van der Waals surface area contributed by atoms with Crippen molar-refractivity contribution in [3.05, 3.63) is 24.3 Å². The third-order valence-electron chi connectivity index (χ3n) is 1.82. The van der Waals surface area contributed by atoms with Crippen LogP contribution in [0.4, 0.5) is 0 Å². The Balaban J connectivity index is 2.72. The van der Waals surface area contributed by atoms with Crippen LogP contribution in [-0.2, 0) is 4.79 Å². The van der Waals surface area contributed by atoms with Crippen molar-refractivity contribution >= 4 is 5.97 Å². The molecule has 0 saturated heterocycles. The molecule has 3 heteroatoms. The molecule has 82 valence electrons. The van der Waals surface area contributed by atoms with Gasteiger partial charge >= 0.3 is 5.97 Å². The minimum absolute atomic E-state index is 0.248. The predicted octanol–water partition coefficient (Wildman–Crippen LogP) is 2.79. The van der Waals surface area contributed by atoms with Gasteiger partial charge in [-0.25, -0.2) is 0 Å². The van der Waals surface area contributed by atoms with Crippen LogP contribution in [0, 0.1) is 0 Å². The summed E-state index contributed by atoms with van der Waals surface area (Å²) in [6, 6.07) is 7.21. The summed E-state index contributed by atoms with van der Waals surface area (Å²) in [5, 5.41) is 0. The number of carbonyl (C=O) groups excluding carboxylic acids is 1. The van der Waals surface area contributed by atoms with Crippen LogP contribution in [0.1, 0.15) is 26.7 Å². The van der Waals surface area contributed by atoms with Gasteiger partial charge in [-0.05, 0) is 18.6 Å². The minimum atomic E-state index is -0.248. The molecule has 0 fully saturated rings. The highest BCUT2D eigenvalue weighted by molar-refractivity contribution is 5.72. The molecule has 0 heterocycles. The molecule has 0 atom stereocenters. The molecule has 0 aliphatic heterocycles. The first-order chi connectivity index (χ1) is 7.27. The van der Waals surface area contributed by atoms with Crippen molar-refractivity contribution in [1.82, 2.24) is 0 Å². The van der Waals surface area contributed by atoms with E-state index in [-0.39, 0.29) is 5.97 Å². The Morgan fingerprint density at radius 3 is 2.47 bits per heavy atom. The number of esters is 1. The van der Waals surface area contributed by atoms with Crippen molar-refractivity contribution in [2.24, 2.45) is 0 Å². The van der Waals surface area contributed by atoms with Crippen molar-refractivity contribution in [1.29, 1.82) is 0 Å². The average Bonchev–Trinajstić information content (AvgIpc) is 2.28. The van der Waals surface area contributed by atoms with Gasteiger partial charge in [-0.3, -0.25) is 4.79 Å². The molecule has 1 rings (SSSR count). The summed E-state index contributed by atoms with van der Waals surface area (Å²) in [5.74, 6) is 0.876. The molecule has 15 heavy (non-hydrogen) atoms. The number of rotatable bonds is 5. The molecule has 0 bridgehead atoms. The lowest BCUT2D eigenvalue weighted by Gasteiger charge is -2.09. The summed E-state index contributed by atoms with van der Waals surface area (Å²) in [6.07, 6.45) is 1.29. The molecule has 1 aromatic rings. The molecule has 0 spiro atoms. The zero-order valence-corrected chi connectivity index (χ0v) is 9.16. The number of carbonyl (C=O) groups is 1. The van der Waals surface area contributed by atoms with E-state index in [0.717, 1.165) is 6.42 Å². The highest BCUT2D eigenvalue weighted by atomic mass is 16.6. The van der Waals surface area contributed by atoms with Crippen molar-refractivity contribution < 1.29 is 14.3 Å². The zero-order chi connectivity index (χ0) is 11.1. The fourth-order valence-corrected chi connectivity index (χ4v) is 1.06. The number of hydrogen-bond donors (Lipinski definition) is 0. The van der Waals surface area contributed by atoms with Crippen LogP contribution in [0.15, 0.2) is 24.3 Å². The maximum absolute atomic E-state index is 11.1. The monoisotopic (exact) mass is 208 g/mol. The highest BCUT2D eigenvalue weighted by Crippen LogP contribution is 2.26. The lowest BCUT2D eigenvalue weighted by Crippen LogP contribution is -2.07. The largest absolute Gasteiger partial charge is 0.490 e. The maximum Gasteiger partial charge on any atom is 0.311 e. The number of benzene rings is 1. The van der Waals surface area contributed by atoms with E-state index in [4.69, 9.17) is 9.47 Å². The lowest BCUT2D eigenvalue weighted by atomic mass is 10.3. The van der Waals surface area contributed by atoms with Crippen molar-refractivity contribution in [3.63, 3.8) is 0 Å². The Morgan fingerprint density at radius 1 is 1.20 bits per heavy atom. The molecular weight excluding hydrogens is 192 g/mol. The Kier molecular flexibility index (Phi) is 4.68. The molecule has 0 N–H and O–H groups in total. The molecule has 0 unspecified atom stereocenters. The van der Waals surface area contributed by atoms with Gasteiger partial charge in [0.1, 0.15) is 0 Å². The summed E-state index contributed by atoms with van der Waals surface area (Å²) < 4.78 is 10.6. The topological polar surface area (TPSA) is 35.5 Å². The van der Waals surface area contributed by atoms with E-state index in [2.05, 4.69) is 0 Å². The van der Waals surface area contributed by atoms with Gasteiger partial charge in [-0.2, -0.15) is 0 Å². The van der Waals surface area contributed by atoms with Gasteiger partial charge in [-0.1, -0.05) is 26.0 Å². The van der Waals surface area contributed by atoms with Gasteiger partial charge in [0.05, 0.1) is 6.61 Å². The van der Waals surface area contributed by atoms with Gasteiger partial charge in [0.25, 0.3) is 0 Å². The van der Waals surface area contributed by atoms with Gasteiger partial charge in [-0.15, -0.1) is 0 Å². The van der Waals surface area contributed by atoms with Crippen LogP contribution in [-0.4, -0.2) is 12.6 Å². The van der Waals surface area contributed by atoms with Gasteiger partial charge in [0, 0.05) is 6.42 Å². The van der Waals surface area contributed by atoms with E-state index in [0.29, 0.717) is 24.5 Å². The van der Waals surface area contributed by atoms with Crippen LogP contribution in [0.25, 0.3) is 0 Å². The fraction of sp³-hybridized carbons (Fsp3) is 0.417. The van der Waals surface area contributed by atoms with Gasteiger partial charge in [0.15, 0.2) is 11.5 Å². The Hall–Kier alpha value is -1.51. The third kappa shape index (κ3) is 3.62. The molecule has 0 aromatic heterocycles. The summed E-state index contributed by atoms with van der Waals surface area (Å²) >= 11 is 0. The predicted molar refractivity (Wildman–Crippen MR) is 58.2 cm³/mol. The molecule has 1 aromatic carbocycles. The third-order valence-corrected chi connectivity index (χ3v) is 1.82. The second-order valence-electron chi connectivity index (χ2n) is 3.12. The molecule has 3 nitrogen and oxygen atoms in total. The highest BCUT2D eigenvalue weighted by Gasteiger charge is 2.07. The molecule has 0 aliphatic rings. The normalized spacial score (nSPS) is 9.73. The van der Waals surface area contributed by atoms with Crippen LogP contribution < -0.4 is 9.47 Å². The maximum atomic E-state index is 11.1. The van der Waals surface area contributed by atoms with Crippen molar-refractivity contribution in [3.8, 4) is 11.5 Å². The van der Waals surface area contributed by atoms with Crippen molar-refractivity contribution in [2.45, 2.75) is 26.7 Å². The summed E-state index contributed by atoms with van der Waals surface area (Å²) in [7, 11) is 0. The molecule has 0 saturated carbocycles. The van der Waals surface area contributed by atoms with E-state index in [1.54, 1.807) is 19.1 Å². The molecular formula is C12H16O3. The number of hydrogen-bond acceptors (Lipinski definition) is 3. The quantitative estimate of drug-likeness (QED) is 0.551. The zero-order valence-electron chi connectivity index (χ0n) is 9.16. The summed E-state index contributed by atoms with van der Waals surface area (Å²) in [4.78, 5) is 11.1. The first-order valence-electron chi connectivity index (χ1n) is 5.20. The van der Waals surface area contributed by atoms with E-state index in [1.807, 2.05) is 19.1 Å². The minimum Gasteiger partial charge on any atom is -0.490 e. The van der Waals surface area contributed by atoms with Crippen LogP contribution in [0.2, 0.25) is 0 Å². The first-order valence-corrected chi connectivity index (χ1v) is 5.20. The Morgan fingerprint density at radius 2 is 1.87 bits per heavy atom. The average molecular weight is 208 g/mol. The Bertz CT molecular complexity index is 320. The van der Waals surface area contributed by atoms with Gasteiger partial charge in [0.2, 0.25) is 0 Å². The molecule has 0 radical (unpaired) electrons. The SMILES string of the molecule is CCCOc1ccccc1OC(=O)CC.